The molecule has 2 unspecified atom stereocenters. The second kappa shape index (κ2) is 8.58. The van der Waals surface area contributed by atoms with Gasteiger partial charge in [-0.1, -0.05) is 0 Å². The molecule has 0 spiro atoms. The topological polar surface area (TPSA) is 123 Å². The summed E-state index contributed by atoms with van der Waals surface area (Å²) in [7, 11) is 0. The van der Waals surface area contributed by atoms with Crippen LogP contribution in [0.2, 0.25) is 0 Å². The average molecular weight is 383 g/mol. The Labute approximate surface area is 158 Å². The lowest BCUT2D eigenvalue weighted by Gasteiger charge is -2.29. The molecule has 1 heterocycles. The molecule has 2 rings (SSSR count). The van der Waals surface area contributed by atoms with E-state index in [1.54, 1.807) is 20.8 Å². The molecule has 3 N–H and O–H groups in total. The summed E-state index contributed by atoms with van der Waals surface area (Å²) in [6.07, 6.45) is 0.525. The van der Waals surface area contributed by atoms with Crippen molar-refractivity contribution < 1.29 is 28.7 Å². The lowest BCUT2D eigenvalue weighted by Crippen LogP contribution is -2.54. The Morgan fingerprint density at radius 1 is 1.22 bits per heavy atom. The van der Waals surface area contributed by atoms with Gasteiger partial charge in [0.25, 0.3) is 5.91 Å². The predicted octanol–water partition coefficient (Wildman–Crippen LogP) is 0.616. The summed E-state index contributed by atoms with van der Waals surface area (Å²) in [5.41, 5.74) is -0.730. The first kappa shape index (κ1) is 21.0. The van der Waals surface area contributed by atoms with Crippen molar-refractivity contribution in [1.29, 1.82) is 0 Å². The third kappa shape index (κ3) is 7.07. The Morgan fingerprint density at radius 2 is 1.89 bits per heavy atom. The minimum atomic E-state index is -1.23. The van der Waals surface area contributed by atoms with Gasteiger partial charge in [0.05, 0.1) is 6.04 Å². The number of alkyl carbamates (subject to hydrolysis) is 1. The summed E-state index contributed by atoms with van der Waals surface area (Å²) in [4.78, 5) is 48.4. The predicted molar refractivity (Wildman–Crippen MR) is 95.6 cm³/mol. The van der Waals surface area contributed by atoms with Gasteiger partial charge in [-0.05, 0) is 46.5 Å². The van der Waals surface area contributed by atoms with Crippen LogP contribution in [-0.4, -0.2) is 54.2 Å². The quantitative estimate of drug-likeness (QED) is 0.554. The van der Waals surface area contributed by atoms with Crippen molar-refractivity contribution in [3.63, 3.8) is 0 Å². The van der Waals surface area contributed by atoms with E-state index in [1.807, 2.05) is 0 Å². The van der Waals surface area contributed by atoms with Crippen molar-refractivity contribution >= 4 is 23.9 Å². The highest BCUT2D eigenvalue weighted by Gasteiger charge is 2.39. The highest BCUT2D eigenvalue weighted by Crippen LogP contribution is 2.22. The standard InChI is InChI=1S/C18H29N3O6/c1-10(22)26-14(16(24)20-12-5-6-12)13(9-11-7-8-19-15(11)23)21-17(25)27-18(2,3)4/h11-14H,5-9H2,1-4H3,(H,19,23)(H,20,24)(H,21,25)/t11-,13?,14?/m0/s1. The second-order valence-electron chi connectivity index (χ2n) is 8.08. The van der Waals surface area contributed by atoms with Crippen molar-refractivity contribution in [2.45, 2.75) is 77.2 Å². The van der Waals surface area contributed by atoms with E-state index in [0.717, 1.165) is 12.8 Å². The van der Waals surface area contributed by atoms with Gasteiger partial charge in [-0.25, -0.2) is 4.79 Å². The second-order valence-corrected chi connectivity index (χ2v) is 8.08. The van der Waals surface area contributed by atoms with E-state index < -0.39 is 35.7 Å². The molecule has 3 atom stereocenters. The Morgan fingerprint density at radius 3 is 2.37 bits per heavy atom. The first-order chi connectivity index (χ1) is 12.5. The Hall–Kier alpha value is -2.32. The maximum absolute atomic E-state index is 12.6. The number of carbonyl (C=O) groups excluding carboxylic acids is 4. The van der Waals surface area contributed by atoms with Crippen molar-refractivity contribution in [3.05, 3.63) is 0 Å². The number of amides is 3. The molecule has 3 amide bonds. The van der Waals surface area contributed by atoms with Crippen LogP contribution in [0.3, 0.4) is 0 Å². The van der Waals surface area contributed by atoms with E-state index in [1.165, 1.54) is 6.92 Å². The molecule has 27 heavy (non-hydrogen) atoms. The molecule has 9 nitrogen and oxygen atoms in total. The van der Waals surface area contributed by atoms with Gasteiger partial charge in [-0.2, -0.15) is 0 Å². The summed E-state index contributed by atoms with van der Waals surface area (Å²) in [5, 5.41) is 8.14. The van der Waals surface area contributed by atoms with Gasteiger partial charge in [-0.15, -0.1) is 0 Å². The van der Waals surface area contributed by atoms with Crippen LogP contribution in [0.5, 0.6) is 0 Å². The van der Waals surface area contributed by atoms with E-state index in [4.69, 9.17) is 9.47 Å². The van der Waals surface area contributed by atoms with Crippen LogP contribution in [0.25, 0.3) is 0 Å². The molecular formula is C18H29N3O6. The molecule has 2 fully saturated rings. The third-order valence-corrected chi connectivity index (χ3v) is 4.24. The monoisotopic (exact) mass is 383 g/mol. The van der Waals surface area contributed by atoms with Crippen LogP contribution in [0.4, 0.5) is 4.79 Å². The lowest BCUT2D eigenvalue weighted by molar-refractivity contribution is -0.156. The number of rotatable bonds is 7. The van der Waals surface area contributed by atoms with Gasteiger partial charge in [0.15, 0.2) is 6.10 Å². The highest BCUT2D eigenvalue weighted by atomic mass is 16.6. The number of carbonyl (C=O) groups is 4. The molecule has 9 heteroatoms. The van der Waals surface area contributed by atoms with Crippen molar-refractivity contribution in [2.75, 3.05) is 6.54 Å². The molecule has 1 saturated heterocycles. The van der Waals surface area contributed by atoms with Crippen molar-refractivity contribution in [3.8, 4) is 0 Å². The number of nitrogens with one attached hydrogen (secondary N) is 3. The van der Waals surface area contributed by atoms with Crippen LogP contribution < -0.4 is 16.0 Å². The normalized spacial score (nSPS) is 21.6. The molecule has 1 aliphatic heterocycles. The van der Waals surface area contributed by atoms with E-state index in [0.29, 0.717) is 13.0 Å². The summed E-state index contributed by atoms with van der Waals surface area (Å²) in [6.45, 7) is 6.89. The van der Waals surface area contributed by atoms with E-state index >= 15 is 0 Å². The zero-order valence-electron chi connectivity index (χ0n) is 16.3. The molecule has 1 saturated carbocycles. The Kier molecular flexibility index (Phi) is 6.67. The molecule has 0 aromatic heterocycles. The van der Waals surface area contributed by atoms with Gasteiger partial charge in [0.1, 0.15) is 5.60 Å². The minimum Gasteiger partial charge on any atom is -0.450 e. The van der Waals surface area contributed by atoms with Gasteiger partial charge >= 0.3 is 12.1 Å². The smallest absolute Gasteiger partial charge is 0.408 e. The number of esters is 1. The van der Waals surface area contributed by atoms with Crippen LogP contribution >= 0.6 is 0 Å². The van der Waals surface area contributed by atoms with Gasteiger partial charge in [0.2, 0.25) is 5.91 Å². The van der Waals surface area contributed by atoms with E-state index in [2.05, 4.69) is 16.0 Å². The highest BCUT2D eigenvalue weighted by molar-refractivity contribution is 5.86. The minimum absolute atomic E-state index is 0.0625. The van der Waals surface area contributed by atoms with Gasteiger partial charge < -0.3 is 25.4 Å². The SMILES string of the molecule is CC(=O)OC(C(=O)NC1CC1)C(C[C@@H]1CCNC1=O)NC(=O)OC(C)(C)C. The molecule has 152 valence electrons. The molecule has 0 radical (unpaired) electrons. The Balaban J connectivity index is 2.16. The average Bonchev–Trinajstić information content (AvgIpc) is 3.23. The molecular weight excluding hydrogens is 354 g/mol. The number of hydrogen-bond acceptors (Lipinski definition) is 6. The zero-order chi connectivity index (χ0) is 20.2. The summed E-state index contributed by atoms with van der Waals surface area (Å²) in [5.74, 6) is -1.64. The van der Waals surface area contributed by atoms with Crippen molar-refractivity contribution in [2.24, 2.45) is 5.92 Å². The van der Waals surface area contributed by atoms with Crippen LogP contribution in [0, 0.1) is 5.92 Å². The largest absolute Gasteiger partial charge is 0.450 e. The van der Waals surface area contributed by atoms with E-state index in [-0.39, 0.29) is 24.3 Å². The maximum atomic E-state index is 12.6. The molecule has 0 aromatic rings. The van der Waals surface area contributed by atoms with Gasteiger partial charge in [0, 0.05) is 25.4 Å². The fraction of sp³-hybridized carbons (Fsp3) is 0.778. The first-order valence-electron chi connectivity index (χ1n) is 9.30. The Bertz CT molecular complexity index is 596. The number of ether oxygens (including phenoxy) is 2. The molecule has 0 bridgehead atoms. The van der Waals surface area contributed by atoms with Gasteiger partial charge in [-0.3, -0.25) is 14.4 Å². The summed E-state index contributed by atoms with van der Waals surface area (Å²) >= 11 is 0. The van der Waals surface area contributed by atoms with Crippen LogP contribution in [0.1, 0.15) is 53.4 Å². The summed E-state index contributed by atoms with van der Waals surface area (Å²) < 4.78 is 10.5. The van der Waals surface area contributed by atoms with Crippen LogP contribution in [-0.2, 0) is 23.9 Å². The molecule has 1 aliphatic carbocycles. The zero-order valence-corrected chi connectivity index (χ0v) is 16.3. The molecule has 2 aliphatic rings. The number of hydrogen-bond donors (Lipinski definition) is 3. The lowest BCUT2D eigenvalue weighted by atomic mass is 9.94. The van der Waals surface area contributed by atoms with Crippen LogP contribution in [0.15, 0.2) is 0 Å². The first-order valence-corrected chi connectivity index (χ1v) is 9.30. The fourth-order valence-corrected chi connectivity index (χ4v) is 2.90. The summed E-state index contributed by atoms with van der Waals surface area (Å²) in [6, 6.07) is -0.816. The van der Waals surface area contributed by atoms with E-state index in [9.17, 15) is 19.2 Å². The fourth-order valence-electron chi connectivity index (χ4n) is 2.90. The van der Waals surface area contributed by atoms with Crippen molar-refractivity contribution in [1.82, 2.24) is 16.0 Å². The maximum Gasteiger partial charge on any atom is 0.408 e. The third-order valence-electron chi connectivity index (χ3n) is 4.24. The molecule has 0 aromatic carbocycles.